The quantitative estimate of drug-likeness (QED) is 0.897. The Hall–Kier alpha value is -0.840. The van der Waals surface area contributed by atoms with Crippen LogP contribution < -0.4 is 5.32 Å². The highest BCUT2D eigenvalue weighted by molar-refractivity contribution is 5.07. The van der Waals surface area contributed by atoms with Crippen LogP contribution in [0.1, 0.15) is 24.6 Å². The highest BCUT2D eigenvalue weighted by Crippen LogP contribution is 2.34. The van der Waals surface area contributed by atoms with Crippen molar-refractivity contribution in [2.75, 3.05) is 46.3 Å². The van der Waals surface area contributed by atoms with Crippen molar-refractivity contribution in [2.24, 2.45) is 5.92 Å². The standard InChI is InChI=1S/C15H25N3O/c1-17-8-10-18(11-9-17)15(14-3-2-12-19-14)13-4-6-16-7-5-13/h2-3,12-13,15-16H,4-11H2,1H3. The number of nitrogens with one attached hydrogen (secondary N) is 1. The van der Waals surface area contributed by atoms with Gasteiger partial charge in [0.2, 0.25) is 0 Å². The molecule has 0 amide bonds. The summed E-state index contributed by atoms with van der Waals surface area (Å²) in [5.41, 5.74) is 0. The molecule has 106 valence electrons. The smallest absolute Gasteiger partial charge is 0.121 e. The molecule has 4 heteroatoms. The van der Waals surface area contributed by atoms with Crippen LogP contribution in [0, 0.1) is 5.92 Å². The van der Waals surface area contributed by atoms with Crippen LogP contribution in [0.3, 0.4) is 0 Å². The van der Waals surface area contributed by atoms with Gasteiger partial charge in [-0.2, -0.15) is 0 Å². The summed E-state index contributed by atoms with van der Waals surface area (Å²) in [6.45, 7) is 6.95. The molecule has 2 aliphatic rings. The van der Waals surface area contributed by atoms with Gasteiger partial charge >= 0.3 is 0 Å². The van der Waals surface area contributed by atoms with E-state index < -0.39 is 0 Å². The maximum absolute atomic E-state index is 5.75. The third-order valence-corrected chi connectivity index (χ3v) is 4.60. The van der Waals surface area contributed by atoms with Crippen LogP contribution in [0.25, 0.3) is 0 Å². The topological polar surface area (TPSA) is 31.6 Å². The van der Waals surface area contributed by atoms with Gasteiger partial charge < -0.3 is 14.6 Å². The Labute approximate surface area is 115 Å². The number of piperazine rings is 1. The minimum Gasteiger partial charge on any atom is -0.468 e. The number of hydrogen-bond acceptors (Lipinski definition) is 4. The maximum Gasteiger partial charge on any atom is 0.121 e. The summed E-state index contributed by atoms with van der Waals surface area (Å²) < 4.78 is 5.75. The van der Waals surface area contributed by atoms with Gasteiger partial charge in [-0.15, -0.1) is 0 Å². The van der Waals surface area contributed by atoms with Crippen molar-refractivity contribution in [3.05, 3.63) is 24.2 Å². The number of likely N-dealkylation sites (N-methyl/N-ethyl adjacent to an activating group) is 1. The van der Waals surface area contributed by atoms with Gasteiger partial charge in [0.15, 0.2) is 0 Å². The normalized spacial score (nSPS) is 25.5. The molecule has 2 fully saturated rings. The Morgan fingerprint density at radius 1 is 1.21 bits per heavy atom. The van der Waals surface area contributed by atoms with E-state index in [9.17, 15) is 0 Å². The minimum absolute atomic E-state index is 0.478. The third-order valence-electron chi connectivity index (χ3n) is 4.60. The van der Waals surface area contributed by atoms with E-state index in [4.69, 9.17) is 4.42 Å². The largest absolute Gasteiger partial charge is 0.468 e. The van der Waals surface area contributed by atoms with Gasteiger partial charge in [-0.3, -0.25) is 4.90 Å². The maximum atomic E-state index is 5.75. The summed E-state index contributed by atoms with van der Waals surface area (Å²) in [6.07, 6.45) is 4.34. The zero-order valence-electron chi connectivity index (χ0n) is 11.8. The Morgan fingerprint density at radius 2 is 1.95 bits per heavy atom. The van der Waals surface area contributed by atoms with Gasteiger partial charge in [-0.1, -0.05) is 0 Å². The fraction of sp³-hybridized carbons (Fsp3) is 0.733. The summed E-state index contributed by atoms with van der Waals surface area (Å²) in [5, 5.41) is 3.47. The summed E-state index contributed by atoms with van der Waals surface area (Å²) in [6, 6.07) is 4.66. The zero-order valence-corrected chi connectivity index (χ0v) is 11.8. The minimum atomic E-state index is 0.478. The van der Waals surface area contributed by atoms with Crippen molar-refractivity contribution in [3.8, 4) is 0 Å². The van der Waals surface area contributed by atoms with Crippen molar-refractivity contribution >= 4 is 0 Å². The summed E-state index contributed by atoms with van der Waals surface area (Å²) in [5.74, 6) is 1.90. The molecule has 1 aromatic rings. The number of furan rings is 1. The summed E-state index contributed by atoms with van der Waals surface area (Å²) in [4.78, 5) is 5.05. The Balaban J connectivity index is 1.76. The molecule has 1 atom stereocenters. The molecule has 0 bridgehead atoms. The van der Waals surface area contributed by atoms with E-state index >= 15 is 0 Å². The number of rotatable bonds is 3. The lowest BCUT2D eigenvalue weighted by Crippen LogP contribution is -2.48. The molecule has 0 saturated carbocycles. The molecule has 2 saturated heterocycles. The van der Waals surface area contributed by atoms with Crippen LogP contribution in [0.2, 0.25) is 0 Å². The molecule has 0 aliphatic carbocycles. The Morgan fingerprint density at radius 3 is 2.58 bits per heavy atom. The van der Waals surface area contributed by atoms with E-state index in [0.29, 0.717) is 6.04 Å². The van der Waals surface area contributed by atoms with Gasteiger partial charge in [0.1, 0.15) is 5.76 Å². The number of piperidine rings is 1. The third kappa shape index (κ3) is 3.02. The lowest BCUT2D eigenvalue weighted by atomic mass is 9.87. The van der Waals surface area contributed by atoms with Gasteiger partial charge in [0.25, 0.3) is 0 Å². The monoisotopic (exact) mass is 263 g/mol. The fourth-order valence-corrected chi connectivity index (χ4v) is 3.43. The number of hydrogen-bond donors (Lipinski definition) is 1. The van der Waals surface area contributed by atoms with Crippen LogP contribution in [0.5, 0.6) is 0 Å². The SMILES string of the molecule is CN1CCN(C(c2ccco2)C2CCNCC2)CC1. The lowest BCUT2D eigenvalue weighted by molar-refractivity contribution is 0.0574. The first-order valence-electron chi connectivity index (χ1n) is 7.51. The molecule has 3 heterocycles. The van der Waals surface area contributed by atoms with Crippen LogP contribution in [-0.4, -0.2) is 56.1 Å². The van der Waals surface area contributed by atoms with Gasteiger partial charge in [0.05, 0.1) is 12.3 Å². The second-order valence-corrected chi connectivity index (χ2v) is 5.89. The first-order chi connectivity index (χ1) is 9.34. The Kier molecular flexibility index (Phi) is 4.21. The van der Waals surface area contributed by atoms with Crippen LogP contribution in [0.15, 0.2) is 22.8 Å². The fourth-order valence-electron chi connectivity index (χ4n) is 3.43. The molecule has 4 nitrogen and oxygen atoms in total. The Bertz CT molecular complexity index is 365. The van der Waals surface area contributed by atoms with Crippen molar-refractivity contribution in [1.82, 2.24) is 15.1 Å². The zero-order chi connectivity index (χ0) is 13.1. The molecule has 1 aromatic heterocycles. The molecule has 0 aromatic carbocycles. The summed E-state index contributed by atoms with van der Waals surface area (Å²) in [7, 11) is 2.21. The van der Waals surface area contributed by atoms with E-state index in [1.54, 1.807) is 0 Å². The second-order valence-electron chi connectivity index (χ2n) is 5.89. The number of nitrogens with zero attached hydrogens (tertiary/aromatic N) is 2. The lowest BCUT2D eigenvalue weighted by Gasteiger charge is -2.41. The van der Waals surface area contributed by atoms with Crippen molar-refractivity contribution in [2.45, 2.75) is 18.9 Å². The highest BCUT2D eigenvalue weighted by Gasteiger charge is 2.33. The molecule has 0 radical (unpaired) electrons. The molecule has 2 aliphatic heterocycles. The molecule has 19 heavy (non-hydrogen) atoms. The predicted octanol–water partition coefficient (Wildman–Crippen LogP) is 1.57. The van der Waals surface area contributed by atoms with Gasteiger partial charge in [-0.05, 0) is 51.0 Å². The van der Waals surface area contributed by atoms with Crippen molar-refractivity contribution < 1.29 is 4.42 Å². The van der Waals surface area contributed by atoms with E-state index in [1.165, 1.54) is 25.9 Å². The van der Waals surface area contributed by atoms with E-state index in [0.717, 1.165) is 37.9 Å². The molecular formula is C15H25N3O. The molecule has 3 rings (SSSR count). The van der Waals surface area contributed by atoms with Crippen molar-refractivity contribution in [1.29, 1.82) is 0 Å². The van der Waals surface area contributed by atoms with Gasteiger partial charge in [0, 0.05) is 26.2 Å². The van der Waals surface area contributed by atoms with Crippen LogP contribution in [-0.2, 0) is 0 Å². The summed E-state index contributed by atoms with van der Waals surface area (Å²) >= 11 is 0. The van der Waals surface area contributed by atoms with E-state index in [-0.39, 0.29) is 0 Å². The second kappa shape index (κ2) is 6.07. The molecule has 1 unspecified atom stereocenters. The molecular weight excluding hydrogens is 238 g/mol. The van der Waals surface area contributed by atoms with Crippen molar-refractivity contribution in [3.63, 3.8) is 0 Å². The molecule has 0 spiro atoms. The van der Waals surface area contributed by atoms with Crippen LogP contribution >= 0.6 is 0 Å². The first kappa shape index (κ1) is 13.2. The average molecular weight is 263 g/mol. The van der Waals surface area contributed by atoms with E-state index in [2.05, 4.69) is 28.2 Å². The average Bonchev–Trinajstić information content (AvgIpc) is 2.96. The first-order valence-corrected chi connectivity index (χ1v) is 7.51. The molecule has 1 N–H and O–H groups in total. The van der Waals surface area contributed by atoms with E-state index in [1.807, 2.05) is 12.3 Å². The van der Waals surface area contributed by atoms with Gasteiger partial charge in [-0.25, -0.2) is 0 Å². The highest BCUT2D eigenvalue weighted by atomic mass is 16.3. The van der Waals surface area contributed by atoms with Crippen LogP contribution in [0.4, 0.5) is 0 Å². The predicted molar refractivity (Wildman–Crippen MR) is 76.1 cm³/mol.